The lowest BCUT2D eigenvalue weighted by molar-refractivity contribution is -0.384. The molecule has 1 aromatic carbocycles. The number of amides is 1. The maximum atomic E-state index is 11.5. The van der Waals surface area contributed by atoms with Crippen molar-refractivity contribution in [2.45, 2.75) is 31.5 Å². The van der Waals surface area contributed by atoms with E-state index in [1.165, 1.54) is 11.8 Å². The lowest BCUT2D eigenvalue weighted by Crippen LogP contribution is -2.26. The second-order valence-electron chi connectivity index (χ2n) is 4.79. The molecule has 2 rings (SSSR count). The van der Waals surface area contributed by atoms with Gasteiger partial charge in [-0.15, -0.1) is 0 Å². The van der Waals surface area contributed by atoms with E-state index in [2.05, 4.69) is 15.9 Å². The first kappa shape index (κ1) is 14.0. The predicted octanol–water partition coefficient (Wildman–Crippen LogP) is 2.83. The summed E-state index contributed by atoms with van der Waals surface area (Å²) < 4.78 is 0. The van der Waals surface area contributed by atoms with E-state index in [4.69, 9.17) is 0 Å². The van der Waals surface area contributed by atoms with Gasteiger partial charge in [0.25, 0.3) is 5.69 Å². The molecule has 1 atom stereocenters. The van der Waals surface area contributed by atoms with Gasteiger partial charge in [0, 0.05) is 24.4 Å². The van der Waals surface area contributed by atoms with Crippen LogP contribution >= 0.6 is 15.9 Å². The van der Waals surface area contributed by atoms with E-state index in [1.807, 2.05) is 13.0 Å². The average molecular weight is 327 g/mol. The van der Waals surface area contributed by atoms with E-state index in [1.54, 1.807) is 6.07 Å². The lowest BCUT2D eigenvalue weighted by atomic mass is 10.0. The second-order valence-corrected chi connectivity index (χ2v) is 6.35. The molecule has 0 saturated heterocycles. The Hall–Kier alpha value is -1.43. The highest BCUT2D eigenvalue weighted by Crippen LogP contribution is 2.38. The quantitative estimate of drug-likeness (QED) is 0.487. The van der Waals surface area contributed by atoms with Crippen LogP contribution in [-0.4, -0.2) is 22.2 Å². The van der Waals surface area contributed by atoms with Gasteiger partial charge in [0.1, 0.15) is 5.69 Å². The molecule has 0 aliphatic carbocycles. The van der Waals surface area contributed by atoms with Gasteiger partial charge in [-0.1, -0.05) is 28.9 Å². The zero-order valence-electron chi connectivity index (χ0n) is 10.9. The Morgan fingerprint density at radius 1 is 1.58 bits per heavy atom. The third kappa shape index (κ3) is 2.78. The number of halogens is 1. The molecule has 0 fully saturated rings. The average Bonchev–Trinajstić information content (AvgIpc) is 2.70. The summed E-state index contributed by atoms with van der Waals surface area (Å²) in [6.07, 6.45) is 1.41. The molecule has 1 aromatic rings. The minimum Gasteiger partial charge on any atom is -0.306 e. The van der Waals surface area contributed by atoms with Gasteiger partial charge in [-0.05, 0) is 24.0 Å². The van der Waals surface area contributed by atoms with Crippen LogP contribution in [0.5, 0.6) is 0 Å². The van der Waals surface area contributed by atoms with E-state index >= 15 is 0 Å². The van der Waals surface area contributed by atoms with Crippen molar-refractivity contribution in [3.05, 3.63) is 33.4 Å². The minimum atomic E-state index is -0.400. The van der Waals surface area contributed by atoms with Crippen molar-refractivity contribution in [1.82, 2.24) is 0 Å². The van der Waals surface area contributed by atoms with E-state index < -0.39 is 4.92 Å². The minimum absolute atomic E-state index is 0.0355. The highest BCUT2D eigenvalue weighted by Gasteiger charge is 2.31. The molecular weight excluding hydrogens is 312 g/mol. The van der Waals surface area contributed by atoms with Crippen molar-refractivity contribution in [2.24, 2.45) is 0 Å². The maximum absolute atomic E-state index is 11.5. The van der Waals surface area contributed by atoms with Crippen molar-refractivity contribution in [3.63, 3.8) is 0 Å². The third-order valence-corrected chi connectivity index (χ3v) is 3.52. The van der Waals surface area contributed by atoms with Crippen molar-refractivity contribution >= 4 is 33.2 Å². The molecule has 6 heteroatoms. The van der Waals surface area contributed by atoms with Gasteiger partial charge in [-0.3, -0.25) is 14.9 Å². The molecule has 1 amide bonds. The number of benzene rings is 1. The van der Waals surface area contributed by atoms with Crippen LogP contribution in [0.3, 0.4) is 0 Å². The molecule has 0 spiro atoms. The molecule has 0 radical (unpaired) electrons. The molecular formula is C13H15BrN2O3. The van der Waals surface area contributed by atoms with Crippen LogP contribution < -0.4 is 4.90 Å². The SMILES string of the molecule is CC(=O)N1CCc2cc(CC(C)Br)cc([N+](=O)[O-])c21. The van der Waals surface area contributed by atoms with Gasteiger partial charge in [-0.2, -0.15) is 0 Å². The summed E-state index contributed by atoms with van der Waals surface area (Å²) in [6, 6.07) is 3.56. The van der Waals surface area contributed by atoms with E-state index in [9.17, 15) is 14.9 Å². The topological polar surface area (TPSA) is 63.5 Å². The zero-order chi connectivity index (χ0) is 14.2. The molecule has 5 nitrogen and oxygen atoms in total. The number of anilines is 1. The number of fused-ring (bicyclic) bond motifs is 1. The highest BCUT2D eigenvalue weighted by molar-refractivity contribution is 9.09. The number of rotatable bonds is 3. The van der Waals surface area contributed by atoms with Crippen LogP contribution in [0.15, 0.2) is 12.1 Å². The normalized spacial score (nSPS) is 15.2. The zero-order valence-corrected chi connectivity index (χ0v) is 12.4. The second kappa shape index (κ2) is 5.28. The van der Waals surface area contributed by atoms with Crippen molar-refractivity contribution < 1.29 is 9.72 Å². The molecule has 0 N–H and O–H groups in total. The molecule has 0 saturated carbocycles. The molecule has 1 unspecified atom stereocenters. The van der Waals surface area contributed by atoms with Crippen LogP contribution in [-0.2, 0) is 17.6 Å². The fourth-order valence-electron chi connectivity index (χ4n) is 2.49. The number of nitro benzene ring substituents is 1. The van der Waals surface area contributed by atoms with Crippen LogP contribution in [0.25, 0.3) is 0 Å². The van der Waals surface area contributed by atoms with Crippen LogP contribution in [0, 0.1) is 10.1 Å². The third-order valence-electron chi connectivity index (χ3n) is 3.20. The molecule has 19 heavy (non-hydrogen) atoms. The van der Waals surface area contributed by atoms with Gasteiger partial charge in [0.15, 0.2) is 0 Å². The summed E-state index contributed by atoms with van der Waals surface area (Å²) in [5.74, 6) is -0.150. The highest BCUT2D eigenvalue weighted by atomic mass is 79.9. The summed E-state index contributed by atoms with van der Waals surface area (Å²) in [5, 5.41) is 11.2. The fraction of sp³-hybridized carbons (Fsp3) is 0.462. The monoisotopic (exact) mass is 326 g/mol. The summed E-state index contributed by atoms with van der Waals surface area (Å²) in [6.45, 7) is 3.97. The van der Waals surface area contributed by atoms with Crippen LogP contribution in [0.1, 0.15) is 25.0 Å². The molecule has 0 bridgehead atoms. The Morgan fingerprint density at radius 3 is 2.79 bits per heavy atom. The van der Waals surface area contributed by atoms with Gasteiger partial charge in [0.05, 0.1) is 4.92 Å². The first-order chi connectivity index (χ1) is 8.90. The summed E-state index contributed by atoms with van der Waals surface area (Å²) >= 11 is 3.45. The standard InChI is InChI=1S/C13H15BrN2O3/c1-8(14)5-10-6-11-3-4-15(9(2)17)13(11)12(7-10)16(18)19/h6-8H,3-5H2,1-2H3. The summed E-state index contributed by atoms with van der Waals surface area (Å²) in [7, 11) is 0. The number of carbonyl (C=O) groups is 1. The van der Waals surface area contributed by atoms with Gasteiger partial charge >= 0.3 is 0 Å². The summed E-state index contributed by atoms with van der Waals surface area (Å²) in [5.41, 5.74) is 2.34. The van der Waals surface area contributed by atoms with E-state index in [-0.39, 0.29) is 16.4 Å². The molecule has 1 heterocycles. The predicted molar refractivity (Wildman–Crippen MR) is 76.9 cm³/mol. The van der Waals surface area contributed by atoms with Crippen molar-refractivity contribution in [2.75, 3.05) is 11.4 Å². The summed E-state index contributed by atoms with van der Waals surface area (Å²) in [4.78, 5) is 24.1. The number of hydrogen-bond acceptors (Lipinski definition) is 3. The number of nitrogens with zero attached hydrogens (tertiary/aromatic N) is 2. The molecule has 1 aliphatic heterocycles. The molecule has 102 valence electrons. The Balaban J connectivity index is 2.52. The Bertz CT molecular complexity index is 543. The number of carbonyl (C=O) groups excluding carboxylic acids is 1. The fourth-order valence-corrected chi connectivity index (χ4v) is 2.86. The maximum Gasteiger partial charge on any atom is 0.293 e. The van der Waals surface area contributed by atoms with E-state index in [0.717, 1.165) is 17.5 Å². The van der Waals surface area contributed by atoms with Crippen molar-refractivity contribution in [1.29, 1.82) is 0 Å². The van der Waals surface area contributed by atoms with Crippen LogP contribution in [0.4, 0.5) is 11.4 Å². The van der Waals surface area contributed by atoms with Crippen LogP contribution in [0.2, 0.25) is 0 Å². The first-order valence-corrected chi connectivity index (χ1v) is 7.04. The van der Waals surface area contributed by atoms with Gasteiger partial charge in [0.2, 0.25) is 5.91 Å². The van der Waals surface area contributed by atoms with Gasteiger partial charge < -0.3 is 4.90 Å². The van der Waals surface area contributed by atoms with E-state index in [0.29, 0.717) is 18.7 Å². The van der Waals surface area contributed by atoms with Gasteiger partial charge in [-0.25, -0.2) is 0 Å². The Kier molecular flexibility index (Phi) is 3.89. The number of nitro groups is 1. The molecule has 1 aliphatic rings. The largest absolute Gasteiger partial charge is 0.306 e. The Labute approximate surface area is 119 Å². The smallest absolute Gasteiger partial charge is 0.293 e. The lowest BCUT2D eigenvalue weighted by Gasteiger charge is -2.15. The first-order valence-electron chi connectivity index (χ1n) is 6.12. The number of hydrogen-bond donors (Lipinski definition) is 0. The van der Waals surface area contributed by atoms with Crippen molar-refractivity contribution in [3.8, 4) is 0 Å². The number of alkyl halides is 1. The molecule has 0 aromatic heterocycles. The Morgan fingerprint density at radius 2 is 2.26 bits per heavy atom.